The number of ether oxygens (including phenoxy) is 3. The fourth-order valence-electron chi connectivity index (χ4n) is 6.00. The van der Waals surface area contributed by atoms with Crippen LogP contribution in [0.25, 0.3) is 11.0 Å². The highest BCUT2D eigenvalue weighted by Crippen LogP contribution is 2.35. The van der Waals surface area contributed by atoms with E-state index in [0.29, 0.717) is 74.7 Å². The van der Waals surface area contributed by atoms with Gasteiger partial charge in [0.05, 0.1) is 44.4 Å². The van der Waals surface area contributed by atoms with Crippen molar-refractivity contribution in [3.8, 4) is 0 Å². The van der Waals surface area contributed by atoms with Gasteiger partial charge in [0, 0.05) is 86.9 Å². The summed E-state index contributed by atoms with van der Waals surface area (Å²) in [5.74, 6) is 2.63. The molecule has 238 valence electrons. The second kappa shape index (κ2) is 13.4. The largest absolute Gasteiger partial charge is 0.383 e. The number of carbonyl (C=O) groups is 1. The van der Waals surface area contributed by atoms with Crippen LogP contribution in [0.15, 0.2) is 12.5 Å². The number of amides is 1. The zero-order valence-corrected chi connectivity index (χ0v) is 26.2. The minimum atomic E-state index is 0.0422. The summed E-state index contributed by atoms with van der Waals surface area (Å²) in [6, 6.07) is 0. The summed E-state index contributed by atoms with van der Waals surface area (Å²) < 4.78 is 18.7. The van der Waals surface area contributed by atoms with Crippen LogP contribution in [0.4, 0.5) is 23.5 Å². The van der Waals surface area contributed by atoms with E-state index in [4.69, 9.17) is 34.1 Å². The number of methoxy groups -OCH3 is 3. The maximum Gasteiger partial charge on any atom is 0.241 e. The summed E-state index contributed by atoms with van der Waals surface area (Å²) in [4.78, 5) is 48.2. The summed E-state index contributed by atoms with van der Waals surface area (Å²) in [7, 11) is 6.98. The molecular weight excluding hydrogens is 566 g/mol. The average Bonchev–Trinajstić information content (AvgIpc) is 3.53. The second-order valence-electron chi connectivity index (χ2n) is 11.5. The van der Waals surface area contributed by atoms with E-state index < -0.39 is 0 Å². The Hall–Kier alpha value is -3.82. The Kier molecular flexibility index (Phi) is 9.23. The molecule has 6 heterocycles. The molecule has 2 fully saturated rings. The molecule has 0 bridgehead atoms. The summed E-state index contributed by atoms with van der Waals surface area (Å²) in [5, 5.41) is 0. The van der Waals surface area contributed by atoms with Gasteiger partial charge in [-0.25, -0.2) is 15.0 Å². The molecule has 0 unspecified atom stereocenters. The van der Waals surface area contributed by atoms with Gasteiger partial charge in [0.1, 0.15) is 11.0 Å². The zero-order valence-electron chi connectivity index (χ0n) is 26.2. The van der Waals surface area contributed by atoms with E-state index in [9.17, 15) is 4.79 Å². The third-order valence-corrected chi connectivity index (χ3v) is 8.77. The number of carbonyl (C=O) groups excluding carboxylic acids is 1. The molecular formula is C29H43N11O4. The molecule has 44 heavy (non-hydrogen) atoms. The molecule has 2 saturated heterocycles. The topological polar surface area (TPSA) is 130 Å². The number of nitrogens with zero attached hydrogens (tertiary/aromatic N) is 11. The molecule has 0 radical (unpaired) electrons. The number of hydrogen-bond donors (Lipinski definition) is 0. The van der Waals surface area contributed by atoms with E-state index >= 15 is 0 Å². The van der Waals surface area contributed by atoms with Gasteiger partial charge in [-0.2, -0.15) is 9.97 Å². The van der Waals surface area contributed by atoms with Crippen LogP contribution < -0.4 is 19.6 Å². The number of piperazine rings is 1. The molecule has 0 N–H and O–H groups in total. The smallest absolute Gasteiger partial charge is 0.241 e. The molecule has 15 nitrogen and oxygen atoms in total. The molecule has 3 aliphatic rings. The lowest BCUT2D eigenvalue weighted by Crippen LogP contribution is -2.49. The van der Waals surface area contributed by atoms with Crippen molar-refractivity contribution in [1.29, 1.82) is 0 Å². The Balaban J connectivity index is 1.51. The molecule has 1 amide bonds. The molecule has 0 aromatic carbocycles. The predicted molar refractivity (Wildman–Crippen MR) is 166 cm³/mol. The van der Waals surface area contributed by atoms with Crippen LogP contribution in [0, 0.1) is 0 Å². The minimum Gasteiger partial charge on any atom is -0.383 e. The average molecular weight is 610 g/mol. The van der Waals surface area contributed by atoms with E-state index in [1.54, 1.807) is 26.2 Å². The Morgan fingerprint density at radius 1 is 0.818 bits per heavy atom. The number of hydrogen-bond acceptors (Lipinski definition) is 13. The molecule has 0 spiro atoms. The highest BCUT2D eigenvalue weighted by molar-refractivity contribution is 5.96. The van der Waals surface area contributed by atoms with Gasteiger partial charge in [0.2, 0.25) is 17.8 Å². The number of likely N-dealkylation sites (N-methyl/N-ethyl adjacent to an activating group) is 1. The Labute approximate surface area is 257 Å². The van der Waals surface area contributed by atoms with E-state index in [1.165, 1.54) is 0 Å². The van der Waals surface area contributed by atoms with Gasteiger partial charge in [-0.15, -0.1) is 0 Å². The second-order valence-corrected chi connectivity index (χ2v) is 11.5. The van der Waals surface area contributed by atoms with Crippen molar-refractivity contribution in [2.45, 2.75) is 32.0 Å². The van der Waals surface area contributed by atoms with E-state index in [0.717, 1.165) is 50.5 Å². The van der Waals surface area contributed by atoms with Crippen LogP contribution in [0.2, 0.25) is 0 Å². The number of imidazole rings is 1. The number of piperidine rings is 1. The van der Waals surface area contributed by atoms with Gasteiger partial charge >= 0.3 is 0 Å². The number of aromatic nitrogens is 6. The van der Waals surface area contributed by atoms with Crippen LogP contribution in [-0.4, -0.2) is 140 Å². The maximum atomic E-state index is 12.9. The lowest BCUT2D eigenvalue weighted by atomic mass is 10.1. The number of anilines is 4. The molecule has 6 rings (SSSR count). The normalized spacial score (nSPS) is 18.0. The molecule has 3 aromatic rings. The summed E-state index contributed by atoms with van der Waals surface area (Å²) >= 11 is 0. The Bertz CT molecular complexity index is 1440. The summed E-state index contributed by atoms with van der Waals surface area (Å²) in [6.45, 7) is 7.42. The molecule has 0 aliphatic carbocycles. The quantitative estimate of drug-likeness (QED) is 0.302. The molecule has 3 aliphatic heterocycles. The van der Waals surface area contributed by atoms with Gasteiger partial charge in [-0.05, 0) is 12.8 Å². The third kappa shape index (κ3) is 6.21. The SMILES string of the molecule is COCCN(CCOC)c1nc(N2CCN(C)C(=O)C2)c2nc(N3CCn4cncc4C3)nc(N3CCC(OC)CC3)c2n1. The number of rotatable bonds is 11. The zero-order chi connectivity index (χ0) is 30.6. The van der Waals surface area contributed by atoms with Crippen molar-refractivity contribution in [3.05, 3.63) is 18.2 Å². The van der Waals surface area contributed by atoms with Gasteiger partial charge in [-0.1, -0.05) is 0 Å². The third-order valence-electron chi connectivity index (χ3n) is 8.77. The lowest BCUT2D eigenvalue weighted by Gasteiger charge is -2.36. The monoisotopic (exact) mass is 609 g/mol. The first kappa shape index (κ1) is 30.2. The van der Waals surface area contributed by atoms with Gasteiger partial charge < -0.3 is 43.3 Å². The van der Waals surface area contributed by atoms with E-state index in [2.05, 4.69) is 24.3 Å². The van der Waals surface area contributed by atoms with E-state index in [1.807, 2.05) is 24.5 Å². The lowest BCUT2D eigenvalue weighted by molar-refractivity contribution is -0.129. The molecule has 0 saturated carbocycles. The number of fused-ring (bicyclic) bond motifs is 2. The van der Waals surface area contributed by atoms with Crippen LogP contribution in [-0.2, 0) is 32.1 Å². The fraction of sp³-hybridized carbons (Fsp3) is 0.655. The first-order valence-electron chi connectivity index (χ1n) is 15.3. The van der Waals surface area contributed by atoms with Crippen molar-refractivity contribution in [3.63, 3.8) is 0 Å². The van der Waals surface area contributed by atoms with Gasteiger partial charge in [0.25, 0.3) is 0 Å². The fourth-order valence-corrected chi connectivity index (χ4v) is 6.00. The van der Waals surface area contributed by atoms with Crippen LogP contribution in [0.3, 0.4) is 0 Å². The minimum absolute atomic E-state index is 0.0422. The first-order chi connectivity index (χ1) is 21.5. The first-order valence-corrected chi connectivity index (χ1v) is 15.3. The standard InChI is InChI=1S/C29H43N11O4/c1-35-9-10-38(19-23(35)41)27-25-24(31-28(34-27)37(13-15-42-2)14-16-43-3)26(36-7-5-22(44-4)6-8-36)33-29(32-25)39-11-12-40-20-30-17-21(40)18-39/h17,20,22H,5-16,18-19H2,1-4H3. The molecule has 0 atom stereocenters. The Morgan fingerprint density at radius 3 is 2.23 bits per heavy atom. The van der Waals surface area contributed by atoms with E-state index in [-0.39, 0.29) is 18.6 Å². The van der Waals surface area contributed by atoms with Crippen LogP contribution >= 0.6 is 0 Å². The van der Waals surface area contributed by atoms with Gasteiger partial charge in [0.15, 0.2) is 11.6 Å². The molecule has 3 aromatic heterocycles. The van der Waals surface area contributed by atoms with Crippen molar-refractivity contribution in [2.75, 3.05) is 114 Å². The highest BCUT2D eigenvalue weighted by atomic mass is 16.5. The summed E-state index contributed by atoms with van der Waals surface area (Å²) in [6.07, 6.45) is 5.78. The van der Waals surface area contributed by atoms with Crippen LogP contribution in [0.5, 0.6) is 0 Å². The van der Waals surface area contributed by atoms with Gasteiger partial charge in [-0.3, -0.25) is 4.79 Å². The predicted octanol–water partition coefficient (Wildman–Crippen LogP) is 0.629. The highest BCUT2D eigenvalue weighted by Gasteiger charge is 2.31. The Morgan fingerprint density at radius 2 is 1.52 bits per heavy atom. The van der Waals surface area contributed by atoms with Crippen molar-refractivity contribution < 1.29 is 19.0 Å². The maximum absolute atomic E-state index is 12.9. The van der Waals surface area contributed by atoms with Crippen LogP contribution in [0.1, 0.15) is 18.5 Å². The summed E-state index contributed by atoms with van der Waals surface area (Å²) in [5.41, 5.74) is 2.45. The van der Waals surface area contributed by atoms with Crippen molar-refractivity contribution in [2.24, 2.45) is 0 Å². The molecule has 15 heteroatoms. The van der Waals surface area contributed by atoms with Crippen molar-refractivity contribution in [1.82, 2.24) is 34.4 Å². The van der Waals surface area contributed by atoms with Crippen molar-refractivity contribution >= 4 is 40.5 Å².